The molecule has 2 fully saturated rings. The van der Waals surface area contributed by atoms with Crippen LogP contribution in [-0.4, -0.2) is 54.2 Å². The number of nitrogens with one attached hydrogen (secondary N) is 1. The number of carbonyl (C=O) groups is 2. The average molecular weight is 308 g/mol. The number of halogens is 3. The highest BCUT2D eigenvalue weighted by atomic mass is 19.4. The lowest BCUT2D eigenvalue weighted by atomic mass is 9.86. The van der Waals surface area contributed by atoms with Gasteiger partial charge in [0, 0.05) is 19.5 Å². The van der Waals surface area contributed by atoms with Gasteiger partial charge in [-0.05, 0) is 38.3 Å². The van der Waals surface area contributed by atoms with Crippen LogP contribution in [0.2, 0.25) is 0 Å². The number of hydrogen-bond donors (Lipinski definition) is 2. The second kappa shape index (κ2) is 5.82. The first-order valence-electron chi connectivity index (χ1n) is 7.05. The van der Waals surface area contributed by atoms with Gasteiger partial charge in [0.1, 0.15) is 0 Å². The van der Waals surface area contributed by atoms with E-state index in [2.05, 4.69) is 5.32 Å². The average Bonchev–Trinajstić information content (AvgIpc) is 3.04. The summed E-state index contributed by atoms with van der Waals surface area (Å²) in [7, 11) is 0. The van der Waals surface area contributed by atoms with Crippen LogP contribution in [0.5, 0.6) is 0 Å². The Labute approximate surface area is 120 Å². The number of aliphatic carboxylic acids is 1. The van der Waals surface area contributed by atoms with Gasteiger partial charge >= 0.3 is 12.1 Å². The van der Waals surface area contributed by atoms with E-state index in [0.29, 0.717) is 12.3 Å². The van der Waals surface area contributed by atoms with Crippen molar-refractivity contribution in [1.82, 2.24) is 10.2 Å². The van der Waals surface area contributed by atoms with Crippen molar-refractivity contribution in [3.8, 4) is 0 Å². The Bertz CT molecular complexity index is 421. The summed E-state index contributed by atoms with van der Waals surface area (Å²) < 4.78 is 39.0. The minimum absolute atomic E-state index is 0.145. The number of carboxylic acids is 1. The Kier molecular flexibility index (Phi) is 4.46. The lowest BCUT2D eigenvalue weighted by Crippen LogP contribution is -2.47. The summed E-state index contributed by atoms with van der Waals surface area (Å²) in [5.41, 5.74) is -2.81. The van der Waals surface area contributed by atoms with Crippen molar-refractivity contribution >= 4 is 11.9 Å². The Morgan fingerprint density at radius 3 is 2.57 bits per heavy atom. The molecule has 2 saturated heterocycles. The molecule has 2 atom stereocenters. The smallest absolute Gasteiger partial charge is 0.406 e. The summed E-state index contributed by atoms with van der Waals surface area (Å²) in [4.78, 5) is 24.1. The Morgan fingerprint density at radius 1 is 1.38 bits per heavy atom. The van der Waals surface area contributed by atoms with E-state index in [1.165, 1.54) is 0 Å². The molecule has 21 heavy (non-hydrogen) atoms. The SMILES string of the molecule is O=C(CCC1CCNC1)N1CCC(C(=O)O)(C(F)(F)F)C1. The standard InChI is InChI=1S/C13H19F3N2O3/c14-13(15,16)12(11(20)21)4-6-18(8-12)10(19)2-1-9-3-5-17-7-9/h9,17H,1-8H2,(H,20,21). The van der Waals surface area contributed by atoms with Crippen molar-refractivity contribution in [1.29, 1.82) is 0 Å². The molecule has 120 valence electrons. The second-order valence-corrected chi connectivity index (χ2v) is 5.85. The van der Waals surface area contributed by atoms with Gasteiger partial charge in [-0.1, -0.05) is 0 Å². The van der Waals surface area contributed by atoms with Gasteiger partial charge in [0.2, 0.25) is 5.91 Å². The predicted octanol–water partition coefficient (Wildman–Crippen LogP) is 1.24. The summed E-state index contributed by atoms with van der Waals surface area (Å²) in [6, 6.07) is 0. The highest BCUT2D eigenvalue weighted by Gasteiger charge is 2.64. The van der Waals surface area contributed by atoms with Gasteiger partial charge in [0.05, 0.1) is 0 Å². The zero-order valence-corrected chi connectivity index (χ0v) is 11.6. The van der Waals surface area contributed by atoms with E-state index in [9.17, 15) is 22.8 Å². The summed E-state index contributed by atoms with van der Waals surface area (Å²) in [6.45, 7) is 0.814. The molecule has 2 unspecified atom stereocenters. The van der Waals surface area contributed by atoms with Gasteiger partial charge in [-0.15, -0.1) is 0 Å². The fraction of sp³-hybridized carbons (Fsp3) is 0.846. The lowest BCUT2D eigenvalue weighted by Gasteiger charge is -2.27. The Balaban J connectivity index is 1.93. The highest BCUT2D eigenvalue weighted by Crippen LogP contribution is 2.45. The molecule has 0 spiro atoms. The van der Waals surface area contributed by atoms with Crippen LogP contribution in [0.3, 0.4) is 0 Å². The van der Waals surface area contributed by atoms with Crippen molar-refractivity contribution in [3.05, 3.63) is 0 Å². The van der Waals surface area contributed by atoms with Crippen LogP contribution in [0.15, 0.2) is 0 Å². The molecule has 1 amide bonds. The highest BCUT2D eigenvalue weighted by molar-refractivity contribution is 5.81. The van der Waals surface area contributed by atoms with Crippen molar-refractivity contribution in [2.45, 2.75) is 31.9 Å². The first kappa shape index (κ1) is 16.1. The molecule has 0 aromatic carbocycles. The number of amides is 1. The normalized spacial score (nSPS) is 29.9. The molecule has 0 radical (unpaired) electrons. The van der Waals surface area contributed by atoms with Gasteiger partial charge < -0.3 is 15.3 Å². The van der Waals surface area contributed by atoms with Gasteiger partial charge in [-0.2, -0.15) is 13.2 Å². The largest absolute Gasteiger partial charge is 0.481 e. The number of likely N-dealkylation sites (tertiary alicyclic amines) is 1. The van der Waals surface area contributed by atoms with Crippen LogP contribution in [0, 0.1) is 11.3 Å². The van der Waals surface area contributed by atoms with Crippen LogP contribution in [0.4, 0.5) is 13.2 Å². The van der Waals surface area contributed by atoms with Crippen LogP contribution in [0.1, 0.15) is 25.7 Å². The molecule has 0 aliphatic carbocycles. The second-order valence-electron chi connectivity index (χ2n) is 5.85. The number of hydrogen-bond acceptors (Lipinski definition) is 3. The van der Waals surface area contributed by atoms with E-state index >= 15 is 0 Å². The number of carboxylic acid groups (broad SMARTS) is 1. The Hall–Kier alpha value is -1.31. The van der Waals surface area contributed by atoms with E-state index in [-0.39, 0.29) is 18.9 Å². The summed E-state index contributed by atoms with van der Waals surface area (Å²) >= 11 is 0. The topological polar surface area (TPSA) is 69.6 Å². The van der Waals surface area contributed by atoms with Gasteiger partial charge in [-0.25, -0.2) is 0 Å². The molecule has 0 aromatic rings. The summed E-state index contributed by atoms with van der Waals surface area (Å²) in [5, 5.41) is 12.1. The fourth-order valence-electron chi connectivity index (χ4n) is 3.00. The zero-order valence-electron chi connectivity index (χ0n) is 11.6. The molecular weight excluding hydrogens is 289 g/mol. The van der Waals surface area contributed by atoms with Crippen molar-refractivity contribution in [3.63, 3.8) is 0 Å². The quantitative estimate of drug-likeness (QED) is 0.820. The molecule has 2 heterocycles. The van der Waals surface area contributed by atoms with Crippen LogP contribution < -0.4 is 5.32 Å². The Morgan fingerprint density at radius 2 is 2.10 bits per heavy atom. The van der Waals surface area contributed by atoms with Gasteiger partial charge in [0.15, 0.2) is 5.41 Å². The van der Waals surface area contributed by atoms with Gasteiger partial charge in [0.25, 0.3) is 0 Å². The molecule has 0 saturated carbocycles. The molecule has 2 rings (SSSR count). The minimum Gasteiger partial charge on any atom is -0.481 e. The fourth-order valence-corrected chi connectivity index (χ4v) is 3.00. The van der Waals surface area contributed by atoms with E-state index in [1.54, 1.807) is 0 Å². The summed E-state index contributed by atoms with van der Waals surface area (Å²) in [5.74, 6) is -1.90. The maximum absolute atomic E-state index is 13.0. The van der Waals surface area contributed by atoms with Crippen molar-refractivity contribution in [2.75, 3.05) is 26.2 Å². The molecule has 2 aliphatic heterocycles. The number of alkyl halides is 3. The van der Waals surface area contributed by atoms with Crippen molar-refractivity contribution < 1.29 is 27.9 Å². The number of nitrogens with zero attached hydrogens (tertiary/aromatic N) is 1. The van der Waals surface area contributed by atoms with Gasteiger partial charge in [-0.3, -0.25) is 9.59 Å². The third kappa shape index (κ3) is 3.14. The zero-order chi connectivity index (χ0) is 15.7. The first-order valence-corrected chi connectivity index (χ1v) is 7.05. The molecule has 0 aromatic heterocycles. The maximum Gasteiger partial charge on any atom is 0.406 e. The molecule has 0 bridgehead atoms. The third-order valence-electron chi connectivity index (χ3n) is 4.50. The molecule has 2 aliphatic rings. The minimum atomic E-state index is -4.84. The summed E-state index contributed by atoms with van der Waals surface area (Å²) in [6.07, 6.45) is -3.63. The van der Waals surface area contributed by atoms with Crippen LogP contribution >= 0.6 is 0 Å². The molecule has 2 N–H and O–H groups in total. The third-order valence-corrected chi connectivity index (χ3v) is 4.50. The number of rotatable bonds is 4. The van der Waals surface area contributed by atoms with E-state index < -0.39 is 30.5 Å². The monoisotopic (exact) mass is 308 g/mol. The number of carbonyl (C=O) groups excluding carboxylic acids is 1. The maximum atomic E-state index is 13.0. The molecule has 8 heteroatoms. The van der Waals surface area contributed by atoms with E-state index in [4.69, 9.17) is 5.11 Å². The van der Waals surface area contributed by atoms with Crippen LogP contribution in [0.25, 0.3) is 0 Å². The lowest BCUT2D eigenvalue weighted by molar-refractivity contribution is -0.227. The van der Waals surface area contributed by atoms with E-state index in [1.807, 2.05) is 0 Å². The van der Waals surface area contributed by atoms with E-state index in [0.717, 1.165) is 24.4 Å². The first-order chi connectivity index (χ1) is 9.76. The molecule has 5 nitrogen and oxygen atoms in total. The predicted molar refractivity (Wildman–Crippen MR) is 67.5 cm³/mol. The molecular formula is C13H19F3N2O3. The van der Waals surface area contributed by atoms with Crippen LogP contribution in [-0.2, 0) is 9.59 Å². The van der Waals surface area contributed by atoms with Crippen molar-refractivity contribution in [2.24, 2.45) is 11.3 Å².